The first-order valence-electron chi connectivity index (χ1n) is 11.5. The summed E-state index contributed by atoms with van der Waals surface area (Å²) in [6.45, 7) is 8.17. The molecule has 1 aliphatic rings. The first-order valence-corrected chi connectivity index (χ1v) is 11.5. The van der Waals surface area contributed by atoms with Gasteiger partial charge in [0, 0.05) is 38.1 Å². The number of carbonyl (C=O) groups excluding carboxylic acids is 1. The highest BCUT2D eigenvalue weighted by Gasteiger charge is 2.22. The van der Waals surface area contributed by atoms with Gasteiger partial charge in [-0.15, -0.1) is 0 Å². The van der Waals surface area contributed by atoms with Crippen LogP contribution in [0.3, 0.4) is 0 Å². The molecule has 7 heteroatoms. The lowest BCUT2D eigenvalue weighted by Crippen LogP contribution is -2.49. The Balaban J connectivity index is 1.21. The van der Waals surface area contributed by atoms with Gasteiger partial charge in [-0.25, -0.2) is 4.98 Å². The second kappa shape index (κ2) is 8.83. The largest absolute Gasteiger partial charge is 0.448 e. The number of carbonyl (C=O) groups is 1. The molecule has 0 spiro atoms. The summed E-state index contributed by atoms with van der Waals surface area (Å²) in [5.74, 6) is 0.458. The van der Waals surface area contributed by atoms with E-state index in [1.165, 1.54) is 22.0 Å². The van der Waals surface area contributed by atoms with E-state index >= 15 is 0 Å². The topological polar surface area (TPSA) is 71.6 Å². The Morgan fingerprint density at radius 3 is 2.48 bits per heavy atom. The van der Waals surface area contributed by atoms with E-state index in [0.717, 1.165) is 25.0 Å². The first kappa shape index (κ1) is 21.4. The Morgan fingerprint density at radius 1 is 1.03 bits per heavy atom. The van der Waals surface area contributed by atoms with Crippen molar-refractivity contribution in [2.45, 2.75) is 32.9 Å². The van der Waals surface area contributed by atoms with Gasteiger partial charge in [0.05, 0.1) is 6.33 Å². The minimum atomic E-state index is -0.326. The number of piperazine rings is 1. The number of hydrogen-bond acceptors (Lipinski definition) is 5. The Bertz CT molecular complexity index is 1350. The lowest BCUT2D eigenvalue weighted by Gasteiger charge is -2.34. The molecule has 0 atom stereocenters. The van der Waals surface area contributed by atoms with Crippen LogP contribution in [0, 0.1) is 0 Å². The number of hydrogen-bond donors (Lipinski definition) is 0. The Kier molecular flexibility index (Phi) is 5.72. The van der Waals surface area contributed by atoms with Crippen molar-refractivity contribution in [1.29, 1.82) is 0 Å². The van der Waals surface area contributed by atoms with Gasteiger partial charge in [-0.3, -0.25) is 19.1 Å². The van der Waals surface area contributed by atoms with Crippen LogP contribution in [0.1, 0.15) is 30.9 Å². The molecule has 2 aromatic carbocycles. The van der Waals surface area contributed by atoms with Gasteiger partial charge in [-0.2, -0.15) is 0 Å². The van der Waals surface area contributed by atoms with Crippen LogP contribution >= 0.6 is 0 Å². The zero-order valence-electron chi connectivity index (χ0n) is 19.0. The average molecular weight is 445 g/mol. The van der Waals surface area contributed by atoms with Crippen LogP contribution in [0.25, 0.3) is 22.1 Å². The predicted molar refractivity (Wildman–Crippen MR) is 128 cm³/mol. The van der Waals surface area contributed by atoms with Crippen LogP contribution in [0.15, 0.2) is 64.1 Å². The van der Waals surface area contributed by atoms with Crippen LogP contribution in [0.4, 0.5) is 0 Å². The molecule has 7 nitrogen and oxygen atoms in total. The molecule has 4 aromatic rings. The highest BCUT2D eigenvalue weighted by atomic mass is 16.3. The van der Waals surface area contributed by atoms with Crippen molar-refractivity contribution in [2.24, 2.45) is 0 Å². The normalized spacial score (nSPS) is 15.1. The quantitative estimate of drug-likeness (QED) is 0.470. The molecule has 0 unspecified atom stereocenters. The molecule has 2 aromatic heterocycles. The molecule has 3 heterocycles. The van der Waals surface area contributed by atoms with Crippen molar-refractivity contribution in [3.05, 3.63) is 76.3 Å². The molecular formula is C26H28N4O3. The number of amides is 1. The number of fused-ring (bicyclic) bond motifs is 3. The molecular weight excluding hydrogens is 416 g/mol. The SMILES string of the molecule is CC(C)c1ccc(CN2CCN(C(=O)Cn3cnc4c(oc5ccccc54)c3=O)CC2)cc1. The maximum Gasteiger partial charge on any atom is 0.297 e. The molecule has 1 saturated heterocycles. The molecule has 0 bridgehead atoms. The smallest absolute Gasteiger partial charge is 0.297 e. The summed E-state index contributed by atoms with van der Waals surface area (Å²) in [7, 11) is 0. The number of rotatable bonds is 5. The fraction of sp³-hybridized carbons (Fsp3) is 0.346. The van der Waals surface area contributed by atoms with Crippen molar-refractivity contribution < 1.29 is 9.21 Å². The second-order valence-electron chi connectivity index (χ2n) is 9.01. The summed E-state index contributed by atoms with van der Waals surface area (Å²) >= 11 is 0. The van der Waals surface area contributed by atoms with Gasteiger partial charge in [-0.1, -0.05) is 50.2 Å². The standard InChI is InChI=1S/C26H28N4O3/c1-18(2)20-9-7-19(8-10-20)15-28-11-13-29(14-12-28)23(31)16-30-17-27-24-21-5-3-4-6-22(21)33-25(24)26(30)32/h3-10,17-18H,11-16H2,1-2H3. The molecule has 1 amide bonds. The van der Waals surface area contributed by atoms with E-state index in [9.17, 15) is 9.59 Å². The van der Waals surface area contributed by atoms with Crippen LogP contribution in [0.5, 0.6) is 0 Å². The van der Waals surface area contributed by atoms with E-state index in [0.29, 0.717) is 30.1 Å². The molecule has 170 valence electrons. The van der Waals surface area contributed by atoms with E-state index in [1.54, 1.807) is 0 Å². The third-order valence-corrected chi connectivity index (χ3v) is 6.43. The van der Waals surface area contributed by atoms with Gasteiger partial charge in [-0.05, 0) is 29.2 Å². The van der Waals surface area contributed by atoms with E-state index in [4.69, 9.17) is 4.42 Å². The van der Waals surface area contributed by atoms with Crippen LogP contribution in [-0.2, 0) is 17.9 Å². The summed E-state index contributed by atoms with van der Waals surface area (Å²) in [6.07, 6.45) is 1.45. The average Bonchev–Trinajstić information content (AvgIpc) is 3.21. The van der Waals surface area contributed by atoms with Gasteiger partial charge >= 0.3 is 0 Å². The van der Waals surface area contributed by atoms with Gasteiger partial charge in [0.15, 0.2) is 0 Å². The lowest BCUT2D eigenvalue weighted by atomic mass is 10.0. The third-order valence-electron chi connectivity index (χ3n) is 6.43. The van der Waals surface area contributed by atoms with Gasteiger partial charge in [0.1, 0.15) is 17.6 Å². The second-order valence-corrected chi connectivity index (χ2v) is 9.01. The summed E-state index contributed by atoms with van der Waals surface area (Å²) in [5, 5.41) is 0.804. The summed E-state index contributed by atoms with van der Waals surface area (Å²) in [6, 6.07) is 16.2. The highest BCUT2D eigenvalue weighted by molar-refractivity contribution is 6.01. The van der Waals surface area contributed by atoms with E-state index in [-0.39, 0.29) is 23.6 Å². The van der Waals surface area contributed by atoms with E-state index < -0.39 is 0 Å². The third kappa shape index (κ3) is 4.28. The number of para-hydroxylation sites is 1. The van der Waals surface area contributed by atoms with Crippen molar-refractivity contribution >= 4 is 28.0 Å². The van der Waals surface area contributed by atoms with Crippen molar-refractivity contribution in [2.75, 3.05) is 26.2 Å². The zero-order chi connectivity index (χ0) is 22.9. The molecule has 1 fully saturated rings. The van der Waals surface area contributed by atoms with Crippen molar-refractivity contribution in [3.63, 3.8) is 0 Å². The molecule has 1 aliphatic heterocycles. The maximum absolute atomic E-state index is 12.9. The predicted octanol–water partition coefficient (Wildman–Crippen LogP) is 3.61. The minimum absolute atomic E-state index is 0.0323. The van der Waals surface area contributed by atoms with Crippen molar-refractivity contribution in [1.82, 2.24) is 19.4 Å². The first-order chi connectivity index (χ1) is 16.0. The lowest BCUT2D eigenvalue weighted by molar-refractivity contribution is -0.133. The van der Waals surface area contributed by atoms with Crippen LogP contribution in [-0.4, -0.2) is 51.4 Å². The highest BCUT2D eigenvalue weighted by Crippen LogP contribution is 2.24. The Hall–Kier alpha value is -3.45. The van der Waals surface area contributed by atoms with E-state index in [1.807, 2.05) is 29.2 Å². The number of benzene rings is 2. The fourth-order valence-corrected chi connectivity index (χ4v) is 4.40. The Morgan fingerprint density at radius 2 is 1.76 bits per heavy atom. The monoisotopic (exact) mass is 444 g/mol. The molecule has 0 saturated carbocycles. The van der Waals surface area contributed by atoms with Crippen LogP contribution in [0.2, 0.25) is 0 Å². The van der Waals surface area contributed by atoms with Gasteiger partial charge in [0.25, 0.3) is 5.56 Å². The number of furan rings is 1. The van der Waals surface area contributed by atoms with E-state index in [2.05, 4.69) is 48.0 Å². The fourth-order valence-electron chi connectivity index (χ4n) is 4.40. The maximum atomic E-state index is 12.9. The molecule has 33 heavy (non-hydrogen) atoms. The van der Waals surface area contributed by atoms with Crippen molar-refractivity contribution in [3.8, 4) is 0 Å². The van der Waals surface area contributed by atoms with Gasteiger partial charge < -0.3 is 9.32 Å². The molecule has 0 N–H and O–H groups in total. The summed E-state index contributed by atoms with van der Waals surface area (Å²) in [5.41, 5.74) is 3.66. The molecule has 0 radical (unpaired) electrons. The minimum Gasteiger partial charge on any atom is -0.448 e. The van der Waals surface area contributed by atoms with Gasteiger partial charge in [0.2, 0.25) is 11.5 Å². The zero-order valence-corrected chi connectivity index (χ0v) is 19.0. The Labute approximate surface area is 192 Å². The molecule has 0 aliphatic carbocycles. The number of nitrogens with zero attached hydrogens (tertiary/aromatic N) is 4. The summed E-state index contributed by atoms with van der Waals surface area (Å²) in [4.78, 5) is 34.4. The summed E-state index contributed by atoms with van der Waals surface area (Å²) < 4.78 is 7.06. The molecule has 5 rings (SSSR count). The van der Waals surface area contributed by atoms with Crippen LogP contribution < -0.4 is 5.56 Å². The number of aromatic nitrogens is 2.